The van der Waals surface area contributed by atoms with E-state index in [-0.39, 0.29) is 12.2 Å². The molecule has 0 fully saturated rings. The smallest absolute Gasteiger partial charge is 0.372 e. The van der Waals surface area contributed by atoms with Crippen LogP contribution in [-0.4, -0.2) is 23.2 Å². The van der Waals surface area contributed by atoms with Crippen molar-refractivity contribution in [1.82, 2.24) is 9.97 Å². The average Bonchev–Trinajstić information content (AvgIpc) is 2.77. The molecule has 0 aromatic carbocycles. The molecule has 0 spiro atoms. The maximum Gasteiger partial charge on any atom is 0.389 e. The van der Waals surface area contributed by atoms with Gasteiger partial charge < -0.3 is 5.32 Å². The summed E-state index contributed by atoms with van der Waals surface area (Å²) in [5, 5.41) is 3.79. The van der Waals surface area contributed by atoms with Crippen LogP contribution >= 0.6 is 11.3 Å². The standard InChI is InChI=1S/C12H14F3N3S/c1-3-7-6-8-10(16-2)17-9(18-11(8)19-7)4-5-12(13,14)15/h6H,3-5H2,1-2H3,(H,16,17,18). The quantitative estimate of drug-likeness (QED) is 0.930. The number of aromatic nitrogens is 2. The first-order valence-corrected chi connectivity index (χ1v) is 6.78. The minimum absolute atomic E-state index is 0.187. The second kappa shape index (κ2) is 5.32. The van der Waals surface area contributed by atoms with Gasteiger partial charge in [-0.1, -0.05) is 6.92 Å². The van der Waals surface area contributed by atoms with Crippen LogP contribution in [0.25, 0.3) is 10.2 Å². The zero-order chi connectivity index (χ0) is 14.0. The molecule has 2 aromatic rings. The van der Waals surface area contributed by atoms with Crippen LogP contribution in [0, 0.1) is 0 Å². The molecule has 0 aliphatic carbocycles. The van der Waals surface area contributed by atoms with E-state index < -0.39 is 12.6 Å². The molecule has 19 heavy (non-hydrogen) atoms. The first-order chi connectivity index (χ1) is 8.93. The lowest BCUT2D eigenvalue weighted by Gasteiger charge is -2.07. The highest BCUT2D eigenvalue weighted by molar-refractivity contribution is 7.18. The van der Waals surface area contributed by atoms with Crippen LogP contribution in [0.3, 0.4) is 0 Å². The Balaban J connectivity index is 2.35. The average molecular weight is 289 g/mol. The lowest BCUT2D eigenvalue weighted by atomic mass is 10.2. The molecule has 0 amide bonds. The third kappa shape index (κ3) is 3.34. The van der Waals surface area contributed by atoms with Gasteiger partial charge in [0.15, 0.2) is 0 Å². The third-order valence-electron chi connectivity index (χ3n) is 2.71. The van der Waals surface area contributed by atoms with Crippen LogP contribution in [0.15, 0.2) is 6.07 Å². The SMILES string of the molecule is CCc1cc2c(NC)nc(CCC(F)(F)F)nc2s1. The fourth-order valence-corrected chi connectivity index (χ4v) is 2.73. The maximum atomic E-state index is 12.2. The van der Waals surface area contributed by atoms with Crippen LogP contribution in [0.4, 0.5) is 19.0 Å². The molecule has 104 valence electrons. The van der Waals surface area contributed by atoms with Gasteiger partial charge in [0.1, 0.15) is 16.5 Å². The Labute approximate surface area is 112 Å². The van der Waals surface area contributed by atoms with E-state index in [0.717, 1.165) is 21.5 Å². The highest BCUT2D eigenvalue weighted by atomic mass is 32.1. The van der Waals surface area contributed by atoms with Crippen LogP contribution in [0.2, 0.25) is 0 Å². The Morgan fingerprint density at radius 1 is 1.32 bits per heavy atom. The van der Waals surface area contributed by atoms with E-state index in [2.05, 4.69) is 15.3 Å². The van der Waals surface area contributed by atoms with E-state index in [1.54, 1.807) is 7.05 Å². The number of thiophene rings is 1. The normalized spacial score (nSPS) is 12.1. The lowest BCUT2D eigenvalue weighted by molar-refractivity contribution is -0.134. The number of aryl methyl sites for hydroxylation is 2. The van der Waals surface area contributed by atoms with Crippen molar-refractivity contribution in [3.05, 3.63) is 16.8 Å². The van der Waals surface area contributed by atoms with Crippen molar-refractivity contribution in [3.8, 4) is 0 Å². The van der Waals surface area contributed by atoms with Gasteiger partial charge in [0.05, 0.1) is 11.8 Å². The zero-order valence-electron chi connectivity index (χ0n) is 10.6. The van der Waals surface area contributed by atoms with Crippen molar-refractivity contribution < 1.29 is 13.2 Å². The maximum absolute atomic E-state index is 12.2. The Bertz CT molecular complexity index is 577. The third-order valence-corrected chi connectivity index (χ3v) is 3.88. The van der Waals surface area contributed by atoms with E-state index in [9.17, 15) is 13.2 Å². The number of alkyl halides is 3. The van der Waals surface area contributed by atoms with Gasteiger partial charge in [0, 0.05) is 18.3 Å². The molecule has 0 aliphatic rings. The fraction of sp³-hybridized carbons (Fsp3) is 0.500. The topological polar surface area (TPSA) is 37.8 Å². The first-order valence-electron chi connectivity index (χ1n) is 5.96. The molecule has 0 radical (unpaired) electrons. The number of hydrogen-bond donors (Lipinski definition) is 1. The van der Waals surface area contributed by atoms with Crippen LogP contribution in [0.5, 0.6) is 0 Å². The van der Waals surface area contributed by atoms with Crippen molar-refractivity contribution in [2.24, 2.45) is 0 Å². The predicted octanol–water partition coefficient (Wildman–Crippen LogP) is 3.79. The van der Waals surface area contributed by atoms with Crippen molar-refractivity contribution >= 4 is 27.4 Å². The molecule has 0 bridgehead atoms. The van der Waals surface area contributed by atoms with Gasteiger partial charge >= 0.3 is 6.18 Å². The van der Waals surface area contributed by atoms with Crippen molar-refractivity contribution in [2.75, 3.05) is 12.4 Å². The van der Waals surface area contributed by atoms with Gasteiger partial charge in [0.25, 0.3) is 0 Å². The Hall–Kier alpha value is -1.37. The molecule has 0 saturated carbocycles. The second-order valence-electron chi connectivity index (χ2n) is 4.14. The molecular weight excluding hydrogens is 275 g/mol. The van der Waals surface area contributed by atoms with E-state index in [1.165, 1.54) is 11.3 Å². The summed E-state index contributed by atoms with van der Waals surface area (Å²) in [7, 11) is 1.71. The van der Waals surface area contributed by atoms with Gasteiger partial charge in [-0.15, -0.1) is 11.3 Å². The molecule has 7 heteroatoms. The van der Waals surface area contributed by atoms with Gasteiger partial charge in [-0.05, 0) is 12.5 Å². The number of nitrogens with one attached hydrogen (secondary N) is 1. The molecule has 2 aromatic heterocycles. The Morgan fingerprint density at radius 3 is 2.63 bits per heavy atom. The van der Waals surface area contributed by atoms with Crippen LogP contribution in [0.1, 0.15) is 24.0 Å². The summed E-state index contributed by atoms with van der Waals surface area (Å²) < 4.78 is 36.7. The first kappa shape index (κ1) is 14.0. The van der Waals surface area contributed by atoms with E-state index >= 15 is 0 Å². The van der Waals surface area contributed by atoms with Crippen LogP contribution < -0.4 is 5.32 Å². The summed E-state index contributed by atoms with van der Waals surface area (Å²) in [6.07, 6.45) is -4.38. The Kier molecular flexibility index (Phi) is 3.93. The predicted molar refractivity (Wildman–Crippen MR) is 70.7 cm³/mol. The summed E-state index contributed by atoms with van der Waals surface area (Å²) in [6, 6.07) is 1.99. The van der Waals surface area contributed by atoms with Crippen molar-refractivity contribution in [2.45, 2.75) is 32.4 Å². The summed E-state index contributed by atoms with van der Waals surface area (Å²) >= 11 is 1.50. The van der Waals surface area contributed by atoms with E-state index in [0.29, 0.717) is 5.82 Å². The highest BCUT2D eigenvalue weighted by Gasteiger charge is 2.27. The lowest BCUT2D eigenvalue weighted by Crippen LogP contribution is -2.10. The van der Waals surface area contributed by atoms with Gasteiger partial charge in [0.2, 0.25) is 0 Å². The van der Waals surface area contributed by atoms with Crippen molar-refractivity contribution in [3.63, 3.8) is 0 Å². The molecule has 3 nitrogen and oxygen atoms in total. The molecule has 0 saturated heterocycles. The van der Waals surface area contributed by atoms with Crippen molar-refractivity contribution in [1.29, 1.82) is 0 Å². The summed E-state index contributed by atoms with van der Waals surface area (Å²) in [6.45, 7) is 2.03. The highest BCUT2D eigenvalue weighted by Crippen LogP contribution is 2.30. The summed E-state index contributed by atoms with van der Waals surface area (Å²) in [5.41, 5.74) is 0. The van der Waals surface area contributed by atoms with Crippen LogP contribution in [-0.2, 0) is 12.8 Å². The minimum Gasteiger partial charge on any atom is -0.372 e. The number of hydrogen-bond acceptors (Lipinski definition) is 4. The molecule has 2 heterocycles. The number of fused-ring (bicyclic) bond motifs is 1. The number of anilines is 1. The number of nitrogens with zero attached hydrogens (tertiary/aromatic N) is 2. The molecular formula is C12H14F3N3S. The molecule has 1 N–H and O–H groups in total. The fourth-order valence-electron chi connectivity index (χ4n) is 1.75. The minimum atomic E-state index is -4.18. The number of halogens is 3. The molecule has 0 aliphatic heterocycles. The zero-order valence-corrected chi connectivity index (χ0v) is 11.5. The number of rotatable bonds is 4. The van der Waals surface area contributed by atoms with E-state index in [1.807, 2.05) is 13.0 Å². The largest absolute Gasteiger partial charge is 0.389 e. The van der Waals surface area contributed by atoms with E-state index in [4.69, 9.17) is 0 Å². The Morgan fingerprint density at radius 2 is 2.05 bits per heavy atom. The van der Waals surface area contributed by atoms with Gasteiger partial charge in [-0.3, -0.25) is 0 Å². The molecule has 0 atom stereocenters. The van der Waals surface area contributed by atoms with Gasteiger partial charge in [-0.2, -0.15) is 13.2 Å². The molecule has 0 unspecified atom stereocenters. The monoisotopic (exact) mass is 289 g/mol. The molecule has 2 rings (SSSR count). The second-order valence-corrected chi connectivity index (χ2v) is 5.25. The summed E-state index contributed by atoms with van der Waals surface area (Å²) in [4.78, 5) is 10.3. The van der Waals surface area contributed by atoms with Gasteiger partial charge in [-0.25, -0.2) is 9.97 Å². The summed E-state index contributed by atoms with van der Waals surface area (Å²) in [5.74, 6) is 0.830.